The Bertz CT molecular complexity index is 2030. The van der Waals surface area contributed by atoms with E-state index in [0.717, 1.165) is 0 Å². The molecular formula is C35H32ClN9O6. The Morgan fingerprint density at radius 3 is 2.20 bits per heavy atom. The molecule has 5 rings (SSSR count). The number of carbonyl (C=O) groups excluding carboxylic acids is 5. The highest BCUT2D eigenvalue weighted by atomic mass is 35.5. The van der Waals surface area contributed by atoms with Gasteiger partial charge in [0.1, 0.15) is 23.7 Å². The van der Waals surface area contributed by atoms with Crippen LogP contribution < -0.4 is 21.3 Å². The van der Waals surface area contributed by atoms with Crippen molar-refractivity contribution in [3.05, 3.63) is 119 Å². The Labute approximate surface area is 296 Å². The third-order valence-corrected chi connectivity index (χ3v) is 7.20. The highest BCUT2D eigenvalue weighted by molar-refractivity contribution is 6.40. The largest absolute Gasteiger partial charge is 0.456 e. The molecule has 260 valence electrons. The van der Waals surface area contributed by atoms with Crippen molar-refractivity contribution in [1.82, 2.24) is 30.5 Å². The van der Waals surface area contributed by atoms with Gasteiger partial charge in [0, 0.05) is 29.0 Å². The molecule has 16 heteroatoms. The first kappa shape index (κ1) is 35.8. The molecule has 2 heterocycles. The van der Waals surface area contributed by atoms with Gasteiger partial charge in [-0.05, 0) is 103 Å². The molecule has 2 aromatic heterocycles. The van der Waals surface area contributed by atoms with E-state index in [9.17, 15) is 24.0 Å². The zero-order valence-electron chi connectivity index (χ0n) is 27.6. The Hall–Kier alpha value is -6.48. The van der Waals surface area contributed by atoms with Crippen molar-refractivity contribution >= 4 is 58.3 Å². The molecule has 0 bridgehead atoms. The fraction of sp³-hybridized carbons (Fsp3) is 0.171. The number of anilines is 3. The van der Waals surface area contributed by atoms with Crippen molar-refractivity contribution in [3.63, 3.8) is 0 Å². The fourth-order valence-corrected chi connectivity index (χ4v) is 4.77. The summed E-state index contributed by atoms with van der Waals surface area (Å²) >= 11 is 6.14. The van der Waals surface area contributed by atoms with Gasteiger partial charge in [-0.15, -0.1) is 5.10 Å². The van der Waals surface area contributed by atoms with Crippen LogP contribution in [0.15, 0.2) is 97.5 Å². The highest BCUT2D eigenvalue weighted by Crippen LogP contribution is 2.24. The number of pyridine rings is 1. The Morgan fingerprint density at radius 2 is 1.55 bits per heavy atom. The lowest BCUT2D eigenvalue weighted by Gasteiger charge is -2.20. The number of carbonyl (C=O) groups is 5. The number of rotatable bonds is 10. The number of tetrazole rings is 1. The van der Waals surface area contributed by atoms with Crippen LogP contribution in [-0.2, 0) is 25.5 Å². The normalized spacial score (nSPS) is 11.5. The van der Waals surface area contributed by atoms with E-state index in [1.165, 1.54) is 47.5 Å². The minimum Gasteiger partial charge on any atom is -0.456 e. The van der Waals surface area contributed by atoms with Gasteiger partial charge in [-0.3, -0.25) is 24.2 Å². The van der Waals surface area contributed by atoms with Gasteiger partial charge in [-0.25, -0.2) is 4.79 Å². The Balaban J connectivity index is 1.32. The predicted octanol–water partition coefficient (Wildman–Crippen LogP) is 4.22. The summed E-state index contributed by atoms with van der Waals surface area (Å²) in [6.45, 7) is 5.26. The zero-order chi connectivity index (χ0) is 36.5. The second kappa shape index (κ2) is 15.8. The number of nitrogens with zero attached hydrogens (tertiary/aromatic N) is 5. The molecule has 1 atom stereocenters. The number of hydrogen-bond donors (Lipinski definition) is 4. The Kier molecular flexibility index (Phi) is 11.1. The third kappa shape index (κ3) is 10.0. The van der Waals surface area contributed by atoms with Crippen LogP contribution in [0.1, 0.15) is 47.2 Å². The van der Waals surface area contributed by atoms with Crippen molar-refractivity contribution in [2.45, 2.75) is 38.8 Å². The van der Waals surface area contributed by atoms with Gasteiger partial charge < -0.3 is 26.0 Å². The molecule has 5 aromatic rings. The number of nitrogens with one attached hydrogen (secondary N) is 4. The molecule has 51 heavy (non-hydrogen) atoms. The van der Waals surface area contributed by atoms with E-state index < -0.39 is 41.2 Å². The number of hydrogen-bond acceptors (Lipinski definition) is 10. The van der Waals surface area contributed by atoms with Gasteiger partial charge in [-0.2, -0.15) is 4.68 Å². The van der Waals surface area contributed by atoms with E-state index >= 15 is 0 Å². The molecule has 4 N–H and O–H groups in total. The first-order chi connectivity index (χ1) is 24.3. The molecular weight excluding hydrogens is 678 g/mol. The quantitative estimate of drug-likeness (QED) is 0.120. The Morgan fingerprint density at radius 1 is 0.843 bits per heavy atom. The highest BCUT2D eigenvalue weighted by Gasteiger charge is 2.26. The van der Waals surface area contributed by atoms with Crippen molar-refractivity contribution in [1.29, 1.82) is 0 Å². The van der Waals surface area contributed by atoms with Crippen LogP contribution in [0.3, 0.4) is 0 Å². The summed E-state index contributed by atoms with van der Waals surface area (Å²) in [4.78, 5) is 69.0. The molecule has 15 nitrogen and oxygen atoms in total. The SMILES string of the molecule is CC(C)(C)OC(=O)c1ccc(NC(=O)[C@H](Cc2ccc(NC(=O)c3ccccn3)cc2)NC(=O)C(=O)Nc2cc(Cl)ccc2-n2cnnn2)cc1. The van der Waals surface area contributed by atoms with Crippen molar-refractivity contribution < 1.29 is 28.7 Å². The molecule has 0 spiro atoms. The molecule has 0 aliphatic carbocycles. The summed E-state index contributed by atoms with van der Waals surface area (Å²) in [5.41, 5.74) is 1.71. The van der Waals surface area contributed by atoms with Crippen LogP contribution in [0.25, 0.3) is 5.69 Å². The number of ether oxygens (including phenoxy) is 1. The molecule has 0 radical (unpaired) electrons. The predicted molar refractivity (Wildman–Crippen MR) is 187 cm³/mol. The van der Waals surface area contributed by atoms with Gasteiger partial charge in [0.25, 0.3) is 5.91 Å². The summed E-state index contributed by atoms with van der Waals surface area (Å²) in [7, 11) is 0. The first-order valence-electron chi connectivity index (χ1n) is 15.4. The fourth-order valence-electron chi connectivity index (χ4n) is 4.60. The smallest absolute Gasteiger partial charge is 0.338 e. The van der Waals surface area contributed by atoms with E-state index in [1.54, 1.807) is 75.4 Å². The molecule has 0 aliphatic rings. The number of aromatic nitrogens is 5. The monoisotopic (exact) mass is 709 g/mol. The van der Waals surface area contributed by atoms with Gasteiger partial charge in [0.2, 0.25) is 5.91 Å². The van der Waals surface area contributed by atoms with E-state index in [0.29, 0.717) is 22.6 Å². The lowest BCUT2D eigenvalue weighted by atomic mass is 10.0. The maximum atomic E-state index is 13.6. The first-order valence-corrected chi connectivity index (χ1v) is 15.8. The topological polar surface area (TPSA) is 199 Å². The molecule has 0 fully saturated rings. The number of amides is 4. The van der Waals surface area contributed by atoms with Gasteiger partial charge in [-0.1, -0.05) is 29.8 Å². The average molecular weight is 710 g/mol. The van der Waals surface area contributed by atoms with E-state index in [2.05, 4.69) is 41.8 Å². The summed E-state index contributed by atoms with van der Waals surface area (Å²) in [6, 6.07) is 20.9. The van der Waals surface area contributed by atoms with Crippen molar-refractivity contribution in [2.24, 2.45) is 0 Å². The summed E-state index contributed by atoms with van der Waals surface area (Å²) in [5.74, 6) is -3.78. The lowest BCUT2D eigenvalue weighted by Crippen LogP contribution is -2.49. The maximum absolute atomic E-state index is 13.6. The average Bonchev–Trinajstić information content (AvgIpc) is 3.63. The number of halogens is 1. The van der Waals surface area contributed by atoms with Crippen LogP contribution in [-0.4, -0.2) is 66.4 Å². The summed E-state index contributed by atoms with van der Waals surface area (Å²) < 4.78 is 6.66. The van der Waals surface area contributed by atoms with Crippen LogP contribution >= 0.6 is 11.6 Å². The number of benzene rings is 3. The second-order valence-electron chi connectivity index (χ2n) is 12.0. The molecule has 3 aromatic carbocycles. The van der Waals surface area contributed by atoms with Crippen LogP contribution in [0.2, 0.25) is 5.02 Å². The molecule has 4 amide bonds. The minimum absolute atomic E-state index is 0.0393. The van der Waals surface area contributed by atoms with Crippen molar-refractivity contribution in [2.75, 3.05) is 16.0 Å². The van der Waals surface area contributed by atoms with E-state index in [-0.39, 0.29) is 28.4 Å². The number of esters is 1. The van der Waals surface area contributed by atoms with E-state index in [1.807, 2.05) is 0 Å². The summed E-state index contributed by atoms with van der Waals surface area (Å²) in [6.07, 6.45) is 2.77. The molecule has 0 aliphatic heterocycles. The maximum Gasteiger partial charge on any atom is 0.338 e. The van der Waals surface area contributed by atoms with Crippen LogP contribution in [0, 0.1) is 0 Å². The molecule has 0 saturated carbocycles. The van der Waals surface area contributed by atoms with Crippen LogP contribution in [0.5, 0.6) is 0 Å². The third-order valence-electron chi connectivity index (χ3n) is 6.97. The standard InChI is InChI=1S/C35H32ClN9O6/c1-35(2,3)51-34(50)22-9-14-25(15-10-22)40-31(47)28(18-21-7-12-24(13-8-21)39-30(46)26-6-4-5-17-37-26)42-33(49)32(48)41-27-19-23(36)11-16-29(27)45-20-38-43-44-45/h4-17,19-20,28H,18H2,1-3H3,(H,39,46)(H,40,47)(H,41,48)(H,42,49)/t28-/m0/s1. The second-order valence-corrected chi connectivity index (χ2v) is 12.5. The van der Waals surface area contributed by atoms with Crippen LogP contribution in [0.4, 0.5) is 17.1 Å². The molecule has 0 unspecified atom stereocenters. The lowest BCUT2D eigenvalue weighted by molar-refractivity contribution is -0.137. The van der Waals surface area contributed by atoms with Gasteiger partial charge >= 0.3 is 17.8 Å². The zero-order valence-corrected chi connectivity index (χ0v) is 28.3. The van der Waals surface area contributed by atoms with E-state index in [4.69, 9.17) is 16.3 Å². The molecule has 0 saturated heterocycles. The summed E-state index contributed by atoms with van der Waals surface area (Å²) in [5, 5.41) is 21.7. The van der Waals surface area contributed by atoms with Crippen molar-refractivity contribution in [3.8, 4) is 5.69 Å². The minimum atomic E-state index is -1.25. The van der Waals surface area contributed by atoms with Gasteiger partial charge in [0.05, 0.1) is 16.9 Å². The van der Waals surface area contributed by atoms with Gasteiger partial charge in [0.15, 0.2) is 0 Å².